The summed E-state index contributed by atoms with van der Waals surface area (Å²) >= 11 is 0. The molecule has 0 radical (unpaired) electrons. The van der Waals surface area contributed by atoms with Gasteiger partial charge in [-0.25, -0.2) is 9.78 Å². The van der Waals surface area contributed by atoms with Gasteiger partial charge in [-0.05, 0) is 6.92 Å². The van der Waals surface area contributed by atoms with Gasteiger partial charge in [0, 0.05) is 0 Å². The molecule has 0 aliphatic heterocycles. The van der Waals surface area contributed by atoms with Crippen LogP contribution in [-0.4, -0.2) is 27.3 Å². The number of aromatic carboxylic acids is 1. The summed E-state index contributed by atoms with van der Waals surface area (Å²) in [6, 6.07) is 0.412. The first-order valence-corrected chi connectivity index (χ1v) is 4.27. The highest BCUT2D eigenvalue weighted by atomic mass is 19.4. The van der Waals surface area contributed by atoms with E-state index in [4.69, 9.17) is 5.11 Å². The summed E-state index contributed by atoms with van der Waals surface area (Å²) < 4.78 is 39.1. The third-order valence-corrected chi connectivity index (χ3v) is 1.84. The van der Waals surface area contributed by atoms with Crippen LogP contribution in [0, 0.1) is 17.0 Å². The highest BCUT2D eigenvalue weighted by Gasteiger charge is 2.34. The molecule has 1 aromatic heterocycles. The van der Waals surface area contributed by atoms with Crippen molar-refractivity contribution in [2.45, 2.75) is 13.3 Å². The Morgan fingerprint density at radius 2 is 2.11 bits per heavy atom. The standard InChI is InChI=1S/C8H5F3N2O5/c1-3-4(13(16)17)2-5(18-8(9,10)11)12-6(3)7(14)15/h2H,1H3,(H,14,15). The smallest absolute Gasteiger partial charge is 0.476 e. The van der Waals surface area contributed by atoms with E-state index in [9.17, 15) is 28.1 Å². The molecule has 0 saturated carbocycles. The third kappa shape index (κ3) is 3.06. The van der Waals surface area contributed by atoms with Crippen LogP contribution < -0.4 is 4.74 Å². The predicted molar refractivity (Wildman–Crippen MR) is 49.3 cm³/mol. The van der Waals surface area contributed by atoms with E-state index in [1.165, 1.54) is 0 Å². The quantitative estimate of drug-likeness (QED) is 0.662. The van der Waals surface area contributed by atoms with Crippen LogP contribution >= 0.6 is 0 Å². The lowest BCUT2D eigenvalue weighted by atomic mass is 10.2. The number of ether oxygens (including phenoxy) is 1. The molecule has 0 fully saturated rings. The maximum absolute atomic E-state index is 11.9. The number of pyridine rings is 1. The molecule has 0 aliphatic rings. The van der Waals surface area contributed by atoms with E-state index >= 15 is 0 Å². The summed E-state index contributed by atoms with van der Waals surface area (Å²) in [6.07, 6.45) is -5.12. The summed E-state index contributed by atoms with van der Waals surface area (Å²) in [5, 5.41) is 19.2. The van der Waals surface area contributed by atoms with Gasteiger partial charge in [0.25, 0.3) is 5.69 Å². The number of nitrogens with zero attached hydrogens (tertiary/aromatic N) is 2. The van der Waals surface area contributed by atoms with Crippen LogP contribution in [0.25, 0.3) is 0 Å². The fraction of sp³-hybridized carbons (Fsp3) is 0.250. The molecular weight excluding hydrogens is 261 g/mol. The van der Waals surface area contributed by atoms with Gasteiger partial charge < -0.3 is 9.84 Å². The zero-order chi connectivity index (χ0) is 14.1. The molecule has 1 N–H and O–H groups in total. The number of rotatable bonds is 3. The van der Waals surface area contributed by atoms with Crippen LogP contribution in [0.4, 0.5) is 18.9 Å². The fourth-order valence-electron chi connectivity index (χ4n) is 1.14. The molecular formula is C8H5F3N2O5. The average molecular weight is 266 g/mol. The number of alkyl halides is 3. The molecule has 0 unspecified atom stereocenters. The highest BCUT2D eigenvalue weighted by Crippen LogP contribution is 2.28. The van der Waals surface area contributed by atoms with E-state index in [1.54, 1.807) is 0 Å². The van der Waals surface area contributed by atoms with E-state index in [0.717, 1.165) is 6.92 Å². The second-order valence-electron chi connectivity index (χ2n) is 3.06. The van der Waals surface area contributed by atoms with Gasteiger partial charge >= 0.3 is 12.3 Å². The fourth-order valence-corrected chi connectivity index (χ4v) is 1.14. The first kappa shape index (κ1) is 13.7. The van der Waals surface area contributed by atoms with Gasteiger partial charge in [-0.2, -0.15) is 0 Å². The number of hydrogen-bond acceptors (Lipinski definition) is 5. The topological polar surface area (TPSA) is 103 Å². The lowest BCUT2D eigenvalue weighted by Gasteiger charge is -2.09. The number of carboxylic acid groups (broad SMARTS) is 1. The molecule has 18 heavy (non-hydrogen) atoms. The molecule has 0 spiro atoms. The molecule has 1 heterocycles. The van der Waals surface area contributed by atoms with Crippen LogP contribution in [0.5, 0.6) is 5.88 Å². The Bertz CT molecular complexity index is 479. The summed E-state index contributed by atoms with van der Waals surface area (Å²) in [4.78, 5) is 23.3. The van der Waals surface area contributed by atoms with Crippen molar-refractivity contribution in [2.24, 2.45) is 0 Å². The lowest BCUT2D eigenvalue weighted by molar-refractivity contribution is -0.385. The number of nitro groups is 1. The minimum absolute atomic E-state index is 0.359. The maximum atomic E-state index is 11.9. The van der Waals surface area contributed by atoms with Crippen LogP contribution in [0.3, 0.4) is 0 Å². The summed E-state index contributed by atoms with van der Waals surface area (Å²) in [5.74, 6) is -2.89. The largest absolute Gasteiger partial charge is 0.574 e. The zero-order valence-electron chi connectivity index (χ0n) is 8.69. The van der Waals surface area contributed by atoms with Gasteiger partial charge in [0.15, 0.2) is 5.69 Å². The molecule has 7 nitrogen and oxygen atoms in total. The van der Waals surface area contributed by atoms with Crippen molar-refractivity contribution < 1.29 is 32.7 Å². The van der Waals surface area contributed by atoms with Gasteiger partial charge in [0.2, 0.25) is 5.88 Å². The van der Waals surface area contributed by atoms with E-state index in [2.05, 4.69) is 9.72 Å². The molecule has 0 atom stereocenters. The van der Waals surface area contributed by atoms with Crippen LogP contribution in [-0.2, 0) is 0 Å². The lowest BCUT2D eigenvalue weighted by Crippen LogP contribution is -2.19. The van der Waals surface area contributed by atoms with Gasteiger partial charge in [-0.1, -0.05) is 0 Å². The van der Waals surface area contributed by atoms with E-state index in [0.29, 0.717) is 6.07 Å². The Kier molecular flexibility index (Phi) is 3.39. The Morgan fingerprint density at radius 1 is 1.56 bits per heavy atom. The normalized spacial score (nSPS) is 11.1. The van der Waals surface area contributed by atoms with Crippen molar-refractivity contribution in [3.05, 3.63) is 27.4 Å². The summed E-state index contributed by atoms with van der Waals surface area (Å²) in [7, 11) is 0. The SMILES string of the molecule is Cc1c([N+](=O)[O-])cc(OC(F)(F)F)nc1C(=O)O. The minimum atomic E-state index is -5.12. The van der Waals surface area contributed by atoms with Crippen molar-refractivity contribution in [3.63, 3.8) is 0 Å². The number of carbonyl (C=O) groups is 1. The monoisotopic (exact) mass is 266 g/mol. The maximum Gasteiger partial charge on any atom is 0.574 e. The number of halogens is 3. The van der Waals surface area contributed by atoms with Crippen molar-refractivity contribution in [3.8, 4) is 5.88 Å². The predicted octanol–water partition coefficient (Wildman–Crippen LogP) is 1.90. The van der Waals surface area contributed by atoms with Gasteiger partial charge in [-0.3, -0.25) is 10.1 Å². The molecule has 10 heteroatoms. The van der Waals surface area contributed by atoms with Crippen LogP contribution in [0.2, 0.25) is 0 Å². The molecule has 0 aromatic carbocycles. The van der Waals surface area contributed by atoms with Gasteiger partial charge in [0.05, 0.1) is 16.6 Å². The van der Waals surface area contributed by atoms with Crippen LogP contribution in [0.1, 0.15) is 16.1 Å². The second-order valence-corrected chi connectivity index (χ2v) is 3.06. The molecule has 0 amide bonds. The summed E-state index contributed by atoms with van der Waals surface area (Å²) in [5.41, 5.74) is -2.05. The Balaban J connectivity index is 3.38. The Morgan fingerprint density at radius 3 is 2.50 bits per heavy atom. The number of carboxylic acids is 1. The highest BCUT2D eigenvalue weighted by molar-refractivity contribution is 5.88. The number of aromatic nitrogens is 1. The molecule has 1 aromatic rings. The zero-order valence-corrected chi connectivity index (χ0v) is 8.69. The third-order valence-electron chi connectivity index (χ3n) is 1.84. The van der Waals surface area contributed by atoms with Crippen molar-refractivity contribution in [1.29, 1.82) is 0 Å². The van der Waals surface area contributed by atoms with E-state index in [-0.39, 0.29) is 5.56 Å². The van der Waals surface area contributed by atoms with Crippen molar-refractivity contribution in [1.82, 2.24) is 4.98 Å². The first-order valence-electron chi connectivity index (χ1n) is 4.27. The van der Waals surface area contributed by atoms with E-state index in [1.807, 2.05) is 0 Å². The number of hydrogen-bond donors (Lipinski definition) is 1. The molecule has 98 valence electrons. The second kappa shape index (κ2) is 4.47. The van der Waals surface area contributed by atoms with Gasteiger partial charge in [0.1, 0.15) is 0 Å². The van der Waals surface area contributed by atoms with Gasteiger partial charge in [-0.15, -0.1) is 13.2 Å². The molecule has 0 saturated heterocycles. The van der Waals surface area contributed by atoms with Crippen molar-refractivity contribution >= 4 is 11.7 Å². The molecule has 0 bridgehead atoms. The Hall–Kier alpha value is -2.39. The molecule has 0 aliphatic carbocycles. The van der Waals surface area contributed by atoms with E-state index < -0.39 is 34.5 Å². The molecule has 1 rings (SSSR count). The van der Waals surface area contributed by atoms with Crippen molar-refractivity contribution in [2.75, 3.05) is 0 Å². The minimum Gasteiger partial charge on any atom is -0.476 e. The van der Waals surface area contributed by atoms with Crippen LogP contribution in [0.15, 0.2) is 6.07 Å². The Labute approximate surface area is 97.0 Å². The first-order chi connectivity index (χ1) is 8.11. The average Bonchev–Trinajstić information content (AvgIpc) is 2.17. The summed E-state index contributed by atoms with van der Waals surface area (Å²) in [6.45, 7) is 1.06.